The largest absolute Gasteiger partial charge is 0.484 e. The van der Waals surface area contributed by atoms with E-state index in [0.29, 0.717) is 23.6 Å². The van der Waals surface area contributed by atoms with E-state index in [2.05, 4.69) is 20.8 Å². The molecular formula is C24H22N6O4. The fourth-order valence-electron chi connectivity index (χ4n) is 4.02. The third-order valence-electron chi connectivity index (χ3n) is 5.68. The van der Waals surface area contributed by atoms with E-state index in [0.717, 1.165) is 16.6 Å². The van der Waals surface area contributed by atoms with Crippen LogP contribution in [0.25, 0.3) is 16.6 Å². The van der Waals surface area contributed by atoms with Crippen molar-refractivity contribution in [2.45, 2.75) is 18.8 Å². The number of amides is 3. The predicted octanol–water partition coefficient (Wildman–Crippen LogP) is 2.30. The second-order valence-corrected chi connectivity index (χ2v) is 8.04. The van der Waals surface area contributed by atoms with E-state index in [1.54, 1.807) is 40.9 Å². The lowest BCUT2D eigenvalue weighted by Crippen LogP contribution is -2.39. The first kappa shape index (κ1) is 21.4. The number of ether oxygens (including phenoxy) is 1. The molecule has 2 N–H and O–H groups in total. The van der Waals surface area contributed by atoms with Gasteiger partial charge in [-0.2, -0.15) is 10.2 Å². The van der Waals surface area contributed by atoms with E-state index in [9.17, 15) is 14.4 Å². The predicted molar refractivity (Wildman–Crippen MR) is 124 cm³/mol. The highest BCUT2D eigenvalue weighted by molar-refractivity contribution is 6.02. The average Bonchev–Trinajstić information content (AvgIpc) is 3.43. The second-order valence-electron chi connectivity index (χ2n) is 8.04. The van der Waals surface area contributed by atoms with Crippen LogP contribution in [-0.2, 0) is 21.4 Å². The number of nitrogens with zero attached hydrogens (tertiary/aromatic N) is 4. The highest BCUT2D eigenvalue weighted by Gasteiger charge is 2.31. The van der Waals surface area contributed by atoms with Crippen LogP contribution >= 0.6 is 0 Å². The number of nitrogens with one attached hydrogen (secondary N) is 2. The van der Waals surface area contributed by atoms with Gasteiger partial charge in [-0.3, -0.25) is 24.4 Å². The minimum Gasteiger partial charge on any atom is -0.484 e. The molecule has 1 aliphatic heterocycles. The molecule has 5 rings (SSSR count). The number of rotatable bonds is 6. The van der Waals surface area contributed by atoms with Crippen molar-refractivity contribution in [1.82, 2.24) is 24.9 Å². The van der Waals surface area contributed by atoms with Crippen LogP contribution in [0, 0.1) is 0 Å². The van der Waals surface area contributed by atoms with Crippen molar-refractivity contribution in [3.63, 3.8) is 0 Å². The van der Waals surface area contributed by atoms with Crippen LogP contribution in [-0.4, -0.2) is 43.9 Å². The fraction of sp³-hybridized carbons (Fsp3) is 0.208. The Bertz CT molecular complexity index is 1390. The minimum absolute atomic E-state index is 0.181. The molecule has 1 unspecified atom stereocenters. The lowest BCUT2D eigenvalue weighted by Gasteiger charge is -2.19. The number of aromatic nitrogens is 4. The number of piperidine rings is 1. The minimum atomic E-state index is -0.476. The highest BCUT2D eigenvalue weighted by atomic mass is 16.5. The lowest BCUT2D eigenvalue weighted by atomic mass is 9.93. The van der Waals surface area contributed by atoms with Crippen LogP contribution in [0.2, 0.25) is 0 Å². The van der Waals surface area contributed by atoms with Crippen molar-refractivity contribution in [2.24, 2.45) is 7.05 Å². The van der Waals surface area contributed by atoms with Gasteiger partial charge >= 0.3 is 0 Å². The molecule has 4 aromatic rings. The number of para-hydroxylation sites is 1. The third-order valence-corrected chi connectivity index (χ3v) is 5.68. The summed E-state index contributed by atoms with van der Waals surface area (Å²) in [7, 11) is 1.78. The van der Waals surface area contributed by atoms with Gasteiger partial charge in [-0.1, -0.05) is 18.2 Å². The Morgan fingerprint density at radius 1 is 1.21 bits per heavy atom. The number of hydrogen-bond donors (Lipinski definition) is 2. The zero-order chi connectivity index (χ0) is 23.7. The molecule has 3 heterocycles. The molecule has 1 fully saturated rings. The van der Waals surface area contributed by atoms with E-state index in [-0.39, 0.29) is 30.7 Å². The molecule has 1 atom stereocenters. The zero-order valence-corrected chi connectivity index (χ0v) is 18.4. The van der Waals surface area contributed by atoms with Gasteiger partial charge in [-0.05, 0) is 30.7 Å². The van der Waals surface area contributed by atoms with Crippen molar-refractivity contribution in [3.8, 4) is 11.4 Å². The van der Waals surface area contributed by atoms with Crippen LogP contribution in [0.4, 0.5) is 5.69 Å². The summed E-state index contributed by atoms with van der Waals surface area (Å²) in [6, 6.07) is 14.9. The first-order chi connectivity index (χ1) is 16.5. The summed E-state index contributed by atoms with van der Waals surface area (Å²) in [5.41, 5.74) is 2.85. The number of carbonyl (C=O) groups is 3. The van der Waals surface area contributed by atoms with Crippen molar-refractivity contribution in [3.05, 3.63) is 66.6 Å². The maximum atomic E-state index is 12.4. The van der Waals surface area contributed by atoms with Gasteiger partial charge in [-0.15, -0.1) is 0 Å². The molecule has 1 saturated heterocycles. The Morgan fingerprint density at radius 3 is 2.82 bits per heavy atom. The van der Waals surface area contributed by atoms with Crippen LogP contribution < -0.4 is 15.4 Å². The second kappa shape index (κ2) is 8.81. The van der Waals surface area contributed by atoms with E-state index in [1.165, 1.54) is 0 Å². The number of fused-ring (bicyclic) bond motifs is 1. The lowest BCUT2D eigenvalue weighted by molar-refractivity contribution is -0.134. The molecule has 34 heavy (non-hydrogen) atoms. The number of anilines is 1. The Morgan fingerprint density at radius 2 is 2.03 bits per heavy atom. The Kier molecular flexibility index (Phi) is 5.54. The summed E-state index contributed by atoms with van der Waals surface area (Å²) >= 11 is 0. The molecule has 0 radical (unpaired) electrons. The molecule has 3 amide bonds. The van der Waals surface area contributed by atoms with E-state index >= 15 is 0 Å². The topological polar surface area (TPSA) is 120 Å². The molecule has 10 heteroatoms. The Hall–Kier alpha value is -4.47. The van der Waals surface area contributed by atoms with Crippen molar-refractivity contribution in [2.75, 3.05) is 11.9 Å². The van der Waals surface area contributed by atoms with Gasteiger partial charge in [0.15, 0.2) is 6.61 Å². The van der Waals surface area contributed by atoms with Gasteiger partial charge in [0.2, 0.25) is 11.8 Å². The fourth-order valence-corrected chi connectivity index (χ4v) is 4.02. The molecule has 0 aliphatic carbocycles. The van der Waals surface area contributed by atoms with E-state index < -0.39 is 5.92 Å². The standard InChI is InChI=1S/C24H22N6O4/c1-29-20-11-17(7-8-18(20)23(28-29)19-9-10-21(31)27-24(19)33)34-14-22(32)26-15-12-25-30(13-15)16-5-3-2-4-6-16/h2-8,11-13,19H,9-10,14H2,1H3,(H,26,32)(H,27,31,33). The number of imide groups is 1. The van der Waals surface area contributed by atoms with E-state index in [4.69, 9.17) is 4.74 Å². The summed E-state index contributed by atoms with van der Waals surface area (Å²) in [4.78, 5) is 36.1. The highest BCUT2D eigenvalue weighted by Crippen LogP contribution is 2.31. The first-order valence-corrected chi connectivity index (χ1v) is 10.8. The maximum Gasteiger partial charge on any atom is 0.262 e. The molecule has 1 aliphatic rings. The zero-order valence-electron chi connectivity index (χ0n) is 18.4. The van der Waals surface area contributed by atoms with Crippen molar-refractivity contribution in [1.29, 1.82) is 0 Å². The molecule has 0 spiro atoms. The van der Waals surface area contributed by atoms with Gasteiger partial charge in [-0.25, -0.2) is 4.68 Å². The SMILES string of the molecule is Cn1nc(C2CCC(=O)NC2=O)c2ccc(OCC(=O)Nc3cnn(-c4ccccc4)c3)cc21. The van der Waals surface area contributed by atoms with Gasteiger partial charge in [0.05, 0.1) is 40.9 Å². The summed E-state index contributed by atoms with van der Waals surface area (Å²) in [6.07, 6.45) is 4.01. The normalized spacial score (nSPS) is 15.9. The number of benzene rings is 2. The summed E-state index contributed by atoms with van der Waals surface area (Å²) in [5, 5.41) is 14.7. The Balaban J connectivity index is 1.24. The Labute approximate surface area is 194 Å². The van der Waals surface area contributed by atoms with Gasteiger partial charge in [0.25, 0.3) is 5.91 Å². The smallest absolute Gasteiger partial charge is 0.262 e. The molecule has 10 nitrogen and oxygen atoms in total. The monoisotopic (exact) mass is 458 g/mol. The van der Waals surface area contributed by atoms with Crippen LogP contribution in [0.1, 0.15) is 24.5 Å². The molecule has 0 saturated carbocycles. The van der Waals surface area contributed by atoms with E-state index in [1.807, 2.05) is 36.4 Å². The van der Waals surface area contributed by atoms with Gasteiger partial charge < -0.3 is 10.1 Å². The van der Waals surface area contributed by atoms with Gasteiger partial charge in [0, 0.05) is 24.9 Å². The maximum absolute atomic E-state index is 12.4. The number of carbonyl (C=O) groups excluding carboxylic acids is 3. The average molecular weight is 458 g/mol. The van der Waals surface area contributed by atoms with Crippen LogP contribution in [0.5, 0.6) is 5.75 Å². The van der Waals surface area contributed by atoms with Crippen molar-refractivity contribution >= 4 is 34.3 Å². The summed E-state index contributed by atoms with van der Waals surface area (Å²) in [6.45, 7) is -0.181. The van der Waals surface area contributed by atoms with Crippen LogP contribution in [0.15, 0.2) is 60.9 Å². The first-order valence-electron chi connectivity index (χ1n) is 10.8. The summed E-state index contributed by atoms with van der Waals surface area (Å²) in [5.74, 6) is -0.884. The van der Waals surface area contributed by atoms with Crippen LogP contribution in [0.3, 0.4) is 0 Å². The molecule has 2 aromatic heterocycles. The molecule has 0 bridgehead atoms. The molecule has 172 valence electrons. The molecule has 2 aromatic carbocycles. The molecular weight excluding hydrogens is 436 g/mol. The third kappa shape index (κ3) is 4.25. The number of aryl methyl sites for hydroxylation is 1. The summed E-state index contributed by atoms with van der Waals surface area (Å²) < 4.78 is 9.02. The quantitative estimate of drug-likeness (QED) is 0.428. The van der Waals surface area contributed by atoms with Gasteiger partial charge in [0.1, 0.15) is 5.75 Å². The van der Waals surface area contributed by atoms with Crippen molar-refractivity contribution < 1.29 is 19.1 Å². The number of hydrogen-bond acceptors (Lipinski definition) is 6.